The Labute approximate surface area is 258 Å². The van der Waals surface area contributed by atoms with Gasteiger partial charge in [-0.1, -0.05) is 194 Å². The minimum atomic E-state index is 0.361. The summed E-state index contributed by atoms with van der Waals surface area (Å²) in [6.45, 7) is 6.14. The average Bonchev–Trinajstić information content (AvgIpc) is 3.91. The Bertz CT molecular complexity index is 492. The average molecular weight is 579 g/mol. The zero-order valence-corrected chi connectivity index (χ0v) is 28.2. The van der Waals surface area contributed by atoms with Gasteiger partial charge in [0.15, 0.2) is 0 Å². The van der Waals surface area contributed by atoms with E-state index in [-0.39, 0.29) is 0 Å². The van der Waals surface area contributed by atoms with E-state index in [0.29, 0.717) is 24.4 Å². The Morgan fingerprint density at radius 2 is 0.561 bits per heavy atom. The summed E-state index contributed by atoms with van der Waals surface area (Å²) in [6.07, 6.45) is 44.0. The highest BCUT2D eigenvalue weighted by molar-refractivity contribution is 4.87. The minimum absolute atomic E-state index is 0.361. The largest absolute Gasteiger partial charge is 0.376 e. The van der Waals surface area contributed by atoms with E-state index in [9.17, 15) is 0 Å². The Kier molecular flexibility index (Phi) is 24.8. The van der Waals surface area contributed by atoms with Crippen molar-refractivity contribution in [3.8, 4) is 0 Å². The fourth-order valence-electron chi connectivity index (χ4n) is 6.54. The van der Waals surface area contributed by atoms with Crippen LogP contribution in [0.4, 0.5) is 0 Å². The predicted octanol–water partition coefficient (Wildman–Crippen LogP) is 12.3. The molecule has 2 aliphatic rings. The molecule has 2 fully saturated rings. The van der Waals surface area contributed by atoms with Crippen molar-refractivity contribution in [1.29, 1.82) is 0 Å². The fourth-order valence-corrected chi connectivity index (χ4v) is 6.54. The van der Waals surface area contributed by atoms with Crippen LogP contribution in [0.1, 0.15) is 206 Å². The van der Waals surface area contributed by atoms with E-state index in [2.05, 4.69) is 13.8 Å². The molecule has 2 rings (SSSR count). The molecule has 3 nitrogen and oxygen atoms in total. The van der Waals surface area contributed by atoms with Crippen molar-refractivity contribution < 1.29 is 14.2 Å². The van der Waals surface area contributed by atoms with Crippen LogP contribution in [-0.4, -0.2) is 37.6 Å². The maximum absolute atomic E-state index is 5.94. The van der Waals surface area contributed by atoms with E-state index in [1.165, 1.54) is 193 Å². The van der Waals surface area contributed by atoms with Crippen LogP contribution in [0, 0.1) is 0 Å². The molecule has 0 aromatic heterocycles. The topological polar surface area (TPSA) is 34.3 Å². The molecule has 2 heterocycles. The second-order valence-electron chi connectivity index (χ2n) is 13.7. The first-order valence-electron chi connectivity index (χ1n) is 19.2. The van der Waals surface area contributed by atoms with Gasteiger partial charge in [0.1, 0.15) is 12.2 Å². The molecule has 0 aromatic carbocycles. The maximum atomic E-state index is 5.94. The van der Waals surface area contributed by atoms with Crippen LogP contribution in [0.5, 0.6) is 0 Å². The van der Waals surface area contributed by atoms with Crippen LogP contribution in [0.15, 0.2) is 0 Å². The van der Waals surface area contributed by atoms with Gasteiger partial charge < -0.3 is 14.2 Å². The molecule has 3 heteroatoms. The van der Waals surface area contributed by atoms with E-state index in [1.807, 2.05) is 0 Å². The molecule has 2 saturated heterocycles. The Morgan fingerprint density at radius 1 is 0.317 bits per heavy atom. The van der Waals surface area contributed by atoms with Crippen molar-refractivity contribution in [2.75, 3.05) is 13.2 Å². The molecule has 41 heavy (non-hydrogen) atoms. The summed E-state index contributed by atoms with van der Waals surface area (Å²) < 4.78 is 17.6. The molecule has 0 saturated carbocycles. The van der Waals surface area contributed by atoms with E-state index in [1.54, 1.807) is 0 Å². The van der Waals surface area contributed by atoms with E-state index in [4.69, 9.17) is 14.2 Å². The van der Waals surface area contributed by atoms with Gasteiger partial charge >= 0.3 is 0 Å². The lowest BCUT2D eigenvalue weighted by atomic mass is 10.0. The van der Waals surface area contributed by atoms with Crippen molar-refractivity contribution in [3.05, 3.63) is 0 Å². The zero-order chi connectivity index (χ0) is 29.1. The van der Waals surface area contributed by atoms with Crippen LogP contribution in [0.3, 0.4) is 0 Å². The Balaban J connectivity index is 1.21. The summed E-state index contributed by atoms with van der Waals surface area (Å²) in [7, 11) is 0. The van der Waals surface area contributed by atoms with Gasteiger partial charge in [0, 0.05) is 0 Å². The van der Waals surface area contributed by atoms with Crippen LogP contribution in [-0.2, 0) is 14.2 Å². The lowest BCUT2D eigenvalue weighted by Crippen LogP contribution is -2.10. The van der Waals surface area contributed by atoms with Gasteiger partial charge in [0.2, 0.25) is 0 Å². The van der Waals surface area contributed by atoms with Crippen molar-refractivity contribution >= 4 is 0 Å². The minimum Gasteiger partial charge on any atom is -0.376 e. The highest BCUT2D eigenvalue weighted by atomic mass is 16.6. The van der Waals surface area contributed by atoms with Crippen LogP contribution >= 0.6 is 0 Å². The second-order valence-corrected chi connectivity index (χ2v) is 13.7. The van der Waals surface area contributed by atoms with Gasteiger partial charge in [0.05, 0.1) is 25.4 Å². The molecule has 4 atom stereocenters. The molecular weight excluding hydrogens is 504 g/mol. The quantitative estimate of drug-likeness (QED) is 0.0562. The van der Waals surface area contributed by atoms with Gasteiger partial charge in [-0.25, -0.2) is 0 Å². The number of hydrogen-bond donors (Lipinski definition) is 0. The lowest BCUT2D eigenvalue weighted by molar-refractivity contribution is 0.102. The SMILES string of the molecule is CCCCCCCCCCCCCCCCC1OC1COCC1OC1CCCCCCCCCCCCCCCC. The predicted molar refractivity (Wildman–Crippen MR) is 178 cm³/mol. The highest BCUT2D eigenvalue weighted by Gasteiger charge is 2.41. The third kappa shape index (κ3) is 23.0. The number of unbranched alkanes of at least 4 members (excludes halogenated alkanes) is 26. The van der Waals surface area contributed by atoms with Crippen molar-refractivity contribution in [2.24, 2.45) is 0 Å². The second kappa shape index (κ2) is 27.4. The molecular formula is C38H74O3. The van der Waals surface area contributed by atoms with E-state index >= 15 is 0 Å². The highest BCUT2D eigenvalue weighted by Crippen LogP contribution is 2.31. The number of ether oxygens (including phenoxy) is 3. The van der Waals surface area contributed by atoms with Crippen molar-refractivity contribution in [3.63, 3.8) is 0 Å². The Morgan fingerprint density at radius 3 is 0.829 bits per heavy atom. The molecule has 0 bridgehead atoms. The molecule has 4 unspecified atom stereocenters. The van der Waals surface area contributed by atoms with Crippen LogP contribution in [0.2, 0.25) is 0 Å². The standard InChI is InChI=1S/C38H74O3/c1-3-5-7-9-11-13-15-17-19-21-23-25-27-29-31-35-37(40-35)33-39-34-38-36(41-38)32-30-28-26-24-22-20-18-16-14-12-10-8-6-4-2/h35-38H,3-34H2,1-2H3. The fraction of sp³-hybridized carbons (Fsp3) is 1.00. The monoisotopic (exact) mass is 579 g/mol. The van der Waals surface area contributed by atoms with E-state index in [0.717, 1.165) is 13.2 Å². The zero-order valence-electron chi connectivity index (χ0n) is 28.2. The number of rotatable bonds is 34. The first-order valence-corrected chi connectivity index (χ1v) is 19.2. The summed E-state index contributed by atoms with van der Waals surface area (Å²) in [6, 6.07) is 0. The number of hydrogen-bond acceptors (Lipinski definition) is 3. The molecule has 0 radical (unpaired) electrons. The van der Waals surface area contributed by atoms with Gasteiger partial charge in [0.25, 0.3) is 0 Å². The summed E-state index contributed by atoms with van der Waals surface area (Å²) in [5, 5.41) is 0. The Hall–Kier alpha value is -0.120. The van der Waals surface area contributed by atoms with Crippen LogP contribution < -0.4 is 0 Å². The normalized spacial score (nSPS) is 21.5. The molecule has 0 amide bonds. The van der Waals surface area contributed by atoms with Gasteiger partial charge in [-0.05, 0) is 12.8 Å². The molecule has 2 aliphatic heterocycles. The molecule has 244 valence electrons. The maximum Gasteiger partial charge on any atom is 0.107 e. The first-order chi connectivity index (χ1) is 20.3. The third-order valence-electron chi connectivity index (χ3n) is 9.62. The first kappa shape index (κ1) is 37.1. The summed E-state index contributed by atoms with van der Waals surface area (Å²) in [5.74, 6) is 0. The van der Waals surface area contributed by atoms with Crippen LogP contribution in [0.25, 0.3) is 0 Å². The third-order valence-corrected chi connectivity index (χ3v) is 9.62. The van der Waals surface area contributed by atoms with Crippen molar-refractivity contribution in [1.82, 2.24) is 0 Å². The smallest absolute Gasteiger partial charge is 0.107 e. The van der Waals surface area contributed by atoms with Gasteiger partial charge in [-0.2, -0.15) is 0 Å². The summed E-state index contributed by atoms with van der Waals surface area (Å²) in [5.41, 5.74) is 0. The van der Waals surface area contributed by atoms with Crippen molar-refractivity contribution in [2.45, 2.75) is 231 Å². The molecule has 0 aliphatic carbocycles. The summed E-state index contributed by atoms with van der Waals surface area (Å²) in [4.78, 5) is 0. The lowest BCUT2D eigenvalue weighted by Gasteiger charge is -2.03. The number of epoxide rings is 2. The van der Waals surface area contributed by atoms with Gasteiger partial charge in [-0.3, -0.25) is 0 Å². The molecule has 0 N–H and O–H groups in total. The van der Waals surface area contributed by atoms with E-state index < -0.39 is 0 Å². The van der Waals surface area contributed by atoms with Gasteiger partial charge in [-0.15, -0.1) is 0 Å². The summed E-state index contributed by atoms with van der Waals surface area (Å²) >= 11 is 0. The molecule has 0 spiro atoms. The molecule has 0 aromatic rings.